The van der Waals surface area contributed by atoms with Gasteiger partial charge >= 0.3 is 0 Å². The summed E-state index contributed by atoms with van der Waals surface area (Å²) in [6.07, 6.45) is 1.74. The van der Waals surface area contributed by atoms with Gasteiger partial charge in [0.2, 0.25) is 5.91 Å². The first-order valence-electron chi connectivity index (χ1n) is 11.0. The van der Waals surface area contributed by atoms with Gasteiger partial charge in [-0.3, -0.25) is 14.4 Å². The van der Waals surface area contributed by atoms with Crippen molar-refractivity contribution >= 4 is 34.7 Å². The molecule has 174 valence electrons. The lowest BCUT2D eigenvalue weighted by Gasteiger charge is -2.18. The number of hydrogen-bond acceptors (Lipinski definition) is 6. The molecule has 3 amide bonds. The van der Waals surface area contributed by atoms with E-state index in [1.165, 1.54) is 9.80 Å². The Morgan fingerprint density at radius 1 is 1.18 bits per heavy atom. The maximum Gasteiger partial charge on any atom is 0.268 e. The Balaban J connectivity index is 1.26. The monoisotopic (exact) mass is 476 g/mol. The third kappa shape index (κ3) is 4.14. The van der Waals surface area contributed by atoms with E-state index in [9.17, 15) is 14.4 Å². The molecule has 3 aromatic rings. The van der Waals surface area contributed by atoms with Crippen LogP contribution in [0.1, 0.15) is 22.3 Å². The van der Waals surface area contributed by atoms with Crippen LogP contribution in [0.15, 0.2) is 54.0 Å². The molecule has 0 aliphatic carbocycles. The molecular formula is C25H24N4O4S. The first-order valence-corrected chi connectivity index (χ1v) is 11.9. The van der Waals surface area contributed by atoms with Crippen molar-refractivity contribution in [2.24, 2.45) is 0 Å². The summed E-state index contributed by atoms with van der Waals surface area (Å²) in [4.78, 5) is 46.9. The van der Waals surface area contributed by atoms with Crippen LogP contribution in [0, 0.1) is 0 Å². The molecule has 2 aliphatic heterocycles. The maximum absolute atomic E-state index is 13.1. The lowest BCUT2D eigenvalue weighted by atomic mass is 10.1. The highest BCUT2D eigenvalue weighted by Gasteiger charge is 2.36. The van der Waals surface area contributed by atoms with E-state index in [-0.39, 0.29) is 24.3 Å². The highest BCUT2D eigenvalue weighted by molar-refractivity contribution is 7.13. The normalized spacial score (nSPS) is 17.3. The Kier molecular flexibility index (Phi) is 5.79. The molecule has 1 saturated heterocycles. The molecule has 34 heavy (non-hydrogen) atoms. The molecule has 5 rings (SSSR count). The van der Waals surface area contributed by atoms with Crippen LogP contribution in [-0.4, -0.2) is 65.8 Å². The van der Waals surface area contributed by atoms with Crippen LogP contribution in [0.3, 0.4) is 0 Å². The van der Waals surface area contributed by atoms with Gasteiger partial charge in [0.1, 0.15) is 17.3 Å². The quantitative estimate of drug-likeness (QED) is 0.546. The van der Waals surface area contributed by atoms with E-state index in [0.717, 1.165) is 16.1 Å². The second-order valence-electron chi connectivity index (χ2n) is 8.54. The number of rotatable bonds is 6. The zero-order chi connectivity index (χ0) is 23.8. The third-order valence-corrected chi connectivity index (χ3v) is 6.90. The number of carbonyl (C=O) groups excluding carboxylic acids is 3. The summed E-state index contributed by atoms with van der Waals surface area (Å²) in [6, 6.07) is 13.0. The summed E-state index contributed by atoms with van der Waals surface area (Å²) in [5, 5.41) is 2.87. The highest BCUT2D eigenvalue weighted by Crippen LogP contribution is 2.31. The summed E-state index contributed by atoms with van der Waals surface area (Å²) in [5.74, 6) is 0.183. The third-order valence-electron chi connectivity index (χ3n) is 6.08. The molecule has 9 heteroatoms. The minimum absolute atomic E-state index is 0.0374. The molecule has 3 heterocycles. The SMILES string of the molecule is CN(C)C(=O)CN1Cc2ccc(N3CC[C@@H](Oc4ccc(-c5nccs5)cc4)C3=O)cc2C1=O. The minimum Gasteiger partial charge on any atom is -0.481 e. The molecule has 0 saturated carbocycles. The predicted molar refractivity (Wildman–Crippen MR) is 129 cm³/mol. The van der Waals surface area contributed by atoms with E-state index in [4.69, 9.17) is 4.74 Å². The van der Waals surface area contributed by atoms with Gasteiger partial charge in [-0.05, 0) is 42.0 Å². The van der Waals surface area contributed by atoms with Crippen molar-refractivity contribution in [3.05, 3.63) is 65.2 Å². The fourth-order valence-corrected chi connectivity index (χ4v) is 4.82. The van der Waals surface area contributed by atoms with E-state index >= 15 is 0 Å². The number of ether oxygens (including phenoxy) is 1. The van der Waals surface area contributed by atoms with E-state index in [2.05, 4.69) is 4.98 Å². The van der Waals surface area contributed by atoms with Crippen LogP contribution >= 0.6 is 11.3 Å². The number of aromatic nitrogens is 1. The van der Waals surface area contributed by atoms with Crippen molar-refractivity contribution in [2.45, 2.75) is 19.1 Å². The van der Waals surface area contributed by atoms with Crippen molar-refractivity contribution in [3.63, 3.8) is 0 Å². The standard InChI is InChI=1S/C25H24N4O4S/c1-27(2)22(30)15-28-14-17-3-6-18(13-20(17)24(28)31)29-11-9-21(25(29)32)33-19-7-4-16(5-8-19)23-26-10-12-34-23/h3-8,10,12-13,21H,9,11,14-15H2,1-2H3/t21-/m1/s1. The van der Waals surface area contributed by atoms with E-state index in [1.54, 1.807) is 42.6 Å². The predicted octanol–water partition coefficient (Wildman–Crippen LogP) is 3.04. The number of amides is 3. The Labute approximate surface area is 201 Å². The van der Waals surface area contributed by atoms with Crippen LogP contribution in [0.25, 0.3) is 10.6 Å². The molecule has 1 atom stereocenters. The topological polar surface area (TPSA) is 83.1 Å². The summed E-state index contributed by atoms with van der Waals surface area (Å²) < 4.78 is 5.98. The molecule has 0 N–H and O–H groups in total. The van der Waals surface area contributed by atoms with Crippen LogP contribution in [-0.2, 0) is 16.1 Å². The molecular weight excluding hydrogens is 452 g/mol. The Hall–Kier alpha value is -3.72. The van der Waals surface area contributed by atoms with Crippen molar-refractivity contribution in [1.82, 2.24) is 14.8 Å². The Morgan fingerprint density at radius 2 is 1.97 bits per heavy atom. The zero-order valence-corrected chi connectivity index (χ0v) is 19.7. The van der Waals surface area contributed by atoms with Gasteiger partial charge in [-0.25, -0.2) is 4.98 Å². The van der Waals surface area contributed by atoms with Gasteiger partial charge in [0.25, 0.3) is 11.8 Å². The second kappa shape index (κ2) is 8.90. The van der Waals surface area contributed by atoms with Crippen molar-refractivity contribution in [1.29, 1.82) is 0 Å². The molecule has 0 radical (unpaired) electrons. The van der Waals surface area contributed by atoms with Gasteiger partial charge in [-0.2, -0.15) is 0 Å². The van der Waals surface area contributed by atoms with E-state index in [1.807, 2.05) is 41.8 Å². The number of fused-ring (bicyclic) bond motifs is 1. The number of hydrogen-bond donors (Lipinski definition) is 0. The minimum atomic E-state index is -0.580. The molecule has 8 nitrogen and oxygen atoms in total. The van der Waals surface area contributed by atoms with Gasteiger partial charge in [0.05, 0.1) is 0 Å². The summed E-state index contributed by atoms with van der Waals surface area (Å²) >= 11 is 1.57. The number of likely N-dealkylation sites (N-methyl/N-ethyl adjacent to an activating group) is 1. The average molecular weight is 477 g/mol. The number of anilines is 1. The molecule has 2 aliphatic rings. The number of benzene rings is 2. The summed E-state index contributed by atoms with van der Waals surface area (Å²) in [5.41, 5.74) is 3.08. The first kappa shape index (κ1) is 22.1. The highest BCUT2D eigenvalue weighted by atomic mass is 32.1. The van der Waals surface area contributed by atoms with Gasteiger partial charge in [0.15, 0.2) is 6.10 Å². The van der Waals surface area contributed by atoms with Gasteiger partial charge in [0, 0.05) is 62.0 Å². The van der Waals surface area contributed by atoms with Crippen LogP contribution in [0.5, 0.6) is 5.75 Å². The van der Waals surface area contributed by atoms with Crippen LogP contribution < -0.4 is 9.64 Å². The summed E-state index contributed by atoms with van der Waals surface area (Å²) in [6.45, 7) is 0.941. The van der Waals surface area contributed by atoms with Gasteiger partial charge < -0.3 is 19.4 Å². The van der Waals surface area contributed by atoms with E-state index < -0.39 is 6.10 Å². The Bertz CT molecular complexity index is 1240. The smallest absolute Gasteiger partial charge is 0.268 e. The zero-order valence-electron chi connectivity index (χ0n) is 18.9. The summed E-state index contributed by atoms with van der Waals surface area (Å²) in [7, 11) is 3.34. The molecule has 0 unspecified atom stereocenters. The molecule has 0 bridgehead atoms. The number of carbonyl (C=O) groups is 3. The van der Waals surface area contributed by atoms with Gasteiger partial charge in [-0.15, -0.1) is 11.3 Å². The molecule has 1 aromatic heterocycles. The van der Waals surface area contributed by atoms with Crippen molar-refractivity contribution in [3.8, 4) is 16.3 Å². The fourth-order valence-electron chi connectivity index (χ4n) is 4.18. The second-order valence-corrected chi connectivity index (χ2v) is 9.43. The maximum atomic E-state index is 13.1. The van der Waals surface area contributed by atoms with E-state index in [0.29, 0.717) is 36.5 Å². The lowest BCUT2D eigenvalue weighted by molar-refractivity contribution is -0.129. The molecule has 1 fully saturated rings. The Morgan fingerprint density at radius 3 is 2.68 bits per heavy atom. The van der Waals surface area contributed by atoms with Crippen LogP contribution in [0.4, 0.5) is 5.69 Å². The largest absolute Gasteiger partial charge is 0.481 e. The average Bonchev–Trinajstić information content (AvgIpc) is 3.56. The van der Waals surface area contributed by atoms with Crippen molar-refractivity contribution < 1.29 is 19.1 Å². The fraction of sp³-hybridized carbons (Fsp3) is 0.280. The first-order chi connectivity index (χ1) is 16.4. The lowest BCUT2D eigenvalue weighted by Crippen LogP contribution is -2.36. The molecule has 0 spiro atoms. The van der Waals surface area contributed by atoms with Crippen molar-refractivity contribution in [2.75, 3.05) is 32.1 Å². The van der Waals surface area contributed by atoms with Gasteiger partial charge in [-0.1, -0.05) is 6.07 Å². The molecule has 2 aromatic carbocycles. The number of thiazole rings is 1. The van der Waals surface area contributed by atoms with Crippen LogP contribution in [0.2, 0.25) is 0 Å². The number of nitrogens with zero attached hydrogens (tertiary/aromatic N) is 4.